The molecule has 1 amide bonds. The highest BCUT2D eigenvalue weighted by molar-refractivity contribution is 5.91. The number of carbonyl (C=O) groups is 1. The molecule has 5 rings (SSSR count). The summed E-state index contributed by atoms with van der Waals surface area (Å²) in [5.41, 5.74) is 4.32. The van der Waals surface area contributed by atoms with E-state index >= 15 is 0 Å². The standard InChI is InChI=1S/C22H20N4O3/c1-14(26-18-6-2-3-7-19(18)29-22(26)28)21(27)25-11-8-15(9-12-25)17-13-24-20-16(17)5-4-10-23-20/h2-8,10,13-14H,9,11-12H2,1H3,(H,23,24). The minimum atomic E-state index is -0.626. The molecule has 0 radical (unpaired) electrons. The van der Waals surface area contributed by atoms with Crippen molar-refractivity contribution in [2.24, 2.45) is 0 Å². The van der Waals surface area contributed by atoms with Crippen LogP contribution in [0.15, 0.2) is 64.1 Å². The first kappa shape index (κ1) is 17.5. The first-order chi connectivity index (χ1) is 14.1. The van der Waals surface area contributed by atoms with Gasteiger partial charge >= 0.3 is 5.76 Å². The van der Waals surface area contributed by atoms with Crippen LogP contribution in [0.2, 0.25) is 0 Å². The van der Waals surface area contributed by atoms with Gasteiger partial charge in [-0.15, -0.1) is 0 Å². The van der Waals surface area contributed by atoms with Crippen molar-refractivity contribution >= 4 is 33.6 Å². The van der Waals surface area contributed by atoms with E-state index in [-0.39, 0.29) is 5.91 Å². The third kappa shape index (κ3) is 2.86. The molecule has 4 heterocycles. The Kier molecular flexibility index (Phi) is 4.08. The van der Waals surface area contributed by atoms with Crippen LogP contribution in [-0.4, -0.2) is 38.4 Å². The lowest BCUT2D eigenvalue weighted by atomic mass is 9.99. The number of aromatic amines is 1. The Morgan fingerprint density at radius 2 is 2.10 bits per heavy atom. The number of benzene rings is 1. The molecule has 1 aliphatic rings. The fourth-order valence-corrected chi connectivity index (χ4v) is 4.06. The van der Waals surface area contributed by atoms with Gasteiger partial charge in [-0.1, -0.05) is 18.2 Å². The highest BCUT2D eigenvalue weighted by atomic mass is 16.4. The second-order valence-electron chi connectivity index (χ2n) is 7.25. The third-order valence-corrected chi connectivity index (χ3v) is 5.58. The number of hydrogen-bond acceptors (Lipinski definition) is 4. The Morgan fingerprint density at radius 3 is 2.93 bits per heavy atom. The maximum atomic E-state index is 13.1. The summed E-state index contributed by atoms with van der Waals surface area (Å²) in [7, 11) is 0. The van der Waals surface area contributed by atoms with Crippen LogP contribution >= 0.6 is 0 Å². The summed E-state index contributed by atoms with van der Waals surface area (Å²) in [5, 5.41) is 1.09. The third-order valence-electron chi connectivity index (χ3n) is 5.58. The number of pyridine rings is 1. The van der Waals surface area contributed by atoms with Gasteiger partial charge in [0.05, 0.1) is 5.52 Å². The van der Waals surface area contributed by atoms with Gasteiger partial charge in [-0.25, -0.2) is 9.78 Å². The SMILES string of the molecule is CC(C(=O)N1CC=C(c2c[nH]c3ncccc23)CC1)n1c(=O)oc2ccccc21. The maximum absolute atomic E-state index is 13.1. The summed E-state index contributed by atoms with van der Waals surface area (Å²) in [6.07, 6.45) is 6.57. The molecule has 0 fully saturated rings. The molecule has 0 bridgehead atoms. The maximum Gasteiger partial charge on any atom is 0.420 e. The van der Waals surface area contributed by atoms with Crippen LogP contribution in [0.3, 0.4) is 0 Å². The number of oxazole rings is 1. The van der Waals surface area contributed by atoms with Gasteiger partial charge in [0.2, 0.25) is 5.91 Å². The molecule has 7 nitrogen and oxygen atoms in total. The number of fused-ring (bicyclic) bond motifs is 2. The van der Waals surface area contributed by atoms with Gasteiger partial charge in [0.15, 0.2) is 5.58 Å². The van der Waals surface area contributed by atoms with E-state index in [2.05, 4.69) is 16.0 Å². The van der Waals surface area contributed by atoms with Crippen LogP contribution in [0.25, 0.3) is 27.7 Å². The second kappa shape index (κ2) is 6.77. The number of nitrogens with zero attached hydrogens (tertiary/aromatic N) is 3. The van der Waals surface area contributed by atoms with Crippen molar-refractivity contribution in [3.63, 3.8) is 0 Å². The molecule has 0 aliphatic carbocycles. The molecule has 4 aromatic rings. The zero-order chi connectivity index (χ0) is 20.0. The molecule has 7 heteroatoms. The van der Waals surface area contributed by atoms with Crippen molar-refractivity contribution in [3.8, 4) is 0 Å². The van der Waals surface area contributed by atoms with E-state index < -0.39 is 11.8 Å². The molecular weight excluding hydrogens is 368 g/mol. The Hall–Kier alpha value is -3.61. The first-order valence-corrected chi connectivity index (χ1v) is 9.64. The fraction of sp³-hybridized carbons (Fsp3) is 0.227. The fourth-order valence-electron chi connectivity index (χ4n) is 4.06. The predicted molar refractivity (Wildman–Crippen MR) is 110 cm³/mol. The van der Waals surface area contributed by atoms with Gasteiger partial charge in [-0.2, -0.15) is 0 Å². The van der Waals surface area contributed by atoms with E-state index in [1.807, 2.05) is 24.4 Å². The lowest BCUT2D eigenvalue weighted by Gasteiger charge is -2.29. The zero-order valence-corrected chi connectivity index (χ0v) is 16.0. The second-order valence-corrected chi connectivity index (χ2v) is 7.25. The monoisotopic (exact) mass is 388 g/mol. The van der Waals surface area contributed by atoms with E-state index in [0.717, 1.165) is 23.0 Å². The molecule has 0 spiro atoms. The lowest BCUT2D eigenvalue weighted by Crippen LogP contribution is -2.40. The van der Waals surface area contributed by atoms with Crippen LogP contribution < -0.4 is 5.76 Å². The van der Waals surface area contributed by atoms with E-state index in [0.29, 0.717) is 24.2 Å². The Morgan fingerprint density at radius 1 is 1.24 bits per heavy atom. The molecule has 1 aliphatic heterocycles. The van der Waals surface area contributed by atoms with Crippen LogP contribution in [0.5, 0.6) is 0 Å². The minimum Gasteiger partial charge on any atom is -0.408 e. The van der Waals surface area contributed by atoms with Gasteiger partial charge in [-0.3, -0.25) is 9.36 Å². The van der Waals surface area contributed by atoms with Gasteiger partial charge in [0.1, 0.15) is 11.7 Å². The van der Waals surface area contributed by atoms with Crippen molar-refractivity contribution < 1.29 is 9.21 Å². The largest absolute Gasteiger partial charge is 0.420 e. The van der Waals surface area contributed by atoms with E-state index in [1.54, 1.807) is 36.2 Å². The van der Waals surface area contributed by atoms with E-state index in [1.165, 1.54) is 10.1 Å². The summed E-state index contributed by atoms with van der Waals surface area (Å²) in [6, 6.07) is 10.5. The minimum absolute atomic E-state index is 0.0884. The Balaban J connectivity index is 1.39. The van der Waals surface area contributed by atoms with E-state index in [4.69, 9.17) is 4.42 Å². The quantitative estimate of drug-likeness (QED) is 0.583. The summed E-state index contributed by atoms with van der Waals surface area (Å²) in [6.45, 7) is 2.86. The Labute approximate surface area is 166 Å². The average Bonchev–Trinajstić information content (AvgIpc) is 3.33. The van der Waals surface area contributed by atoms with Gasteiger partial charge in [0, 0.05) is 36.4 Å². The first-order valence-electron chi connectivity index (χ1n) is 9.64. The number of hydrogen-bond donors (Lipinski definition) is 1. The summed E-state index contributed by atoms with van der Waals surface area (Å²) in [4.78, 5) is 34.7. The van der Waals surface area contributed by atoms with Gasteiger partial charge in [-0.05, 0) is 43.2 Å². The molecule has 0 saturated carbocycles. The van der Waals surface area contributed by atoms with Crippen molar-refractivity contribution in [1.82, 2.24) is 19.4 Å². The average molecular weight is 388 g/mol. The van der Waals surface area contributed by atoms with Crippen molar-refractivity contribution in [2.75, 3.05) is 13.1 Å². The summed E-state index contributed by atoms with van der Waals surface area (Å²) < 4.78 is 6.71. The molecule has 1 atom stereocenters. The molecular formula is C22H20N4O3. The van der Waals surface area contributed by atoms with Crippen LogP contribution in [0, 0.1) is 0 Å². The number of amides is 1. The Bertz CT molecular complexity index is 1310. The summed E-state index contributed by atoms with van der Waals surface area (Å²) in [5.74, 6) is -0.596. The van der Waals surface area contributed by atoms with E-state index in [9.17, 15) is 9.59 Å². The van der Waals surface area contributed by atoms with Crippen molar-refractivity contribution in [1.29, 1.82) is 0 Å². The zero-order valence-electron chi connectivity index (χ0n) is 16.0. The number of para-hydroxylation sites is 2. The van der Waals surface area contributed by atoms with Crippen LogP contribution in [-0.2, 0) is 4.79 Å². The number of carbonyl (C=O) groups excluding carboxylic acids is 1. The number of H-pyrrole nitrogens is 1. The highest BCUT2D eigenvalue weighted by Crippen LogP contribution is 2.29. The van der Waals surface area contributed by atoms with Crippen molar-refractivity contribution in [2.45, 2.75) is 19.4 Å². The molecule has 1 N–H and O–H groups in total. The van der Waals surface area contributed by atoms with Gasteiger partial charge < -0.3 is 14.3 Å². The smallest absolute Gasteiger partial charge is 0.408 e. The van der Waals surface area contributed by atoms with Crippen LogP contribution in [0.4, 0.5) is 0 Å². The lowest BCUT2D eigenvalue weighted by molar-refractivity contribution is -0.133. The van der Waals surface area contributed by atoms with Crippen molar-refractivity contribution in [3.05, 3.63) is 71.0 Å². The molecule has 1 unspecified atom stereocenters. The highest BCUT2D eigenvalue weighted by Gasteiger charge is 2.27. The topological polar surface area (TPSA) is 84.1 Å². The van der Waals surface area contributed by atoms with Gasteiger partial charge in [0.25, 0.3) is 0 Å². The molecule has 146 valence electrons. The molecule has 3 aromatic heterocycles. The molecule has 0 saturated heterocycles. The predicted octanol–water partition coefficient (Wildman–Crippen LogP) is 3.35. The summed E-state index contributed by atoms with van der Waals surface area (Å²) >= 11 is 0. The number of rotatable bonds is 3. The molecule has 1 aromatic carbocycles. The normalized spacial score (nSPS) is 15.6. The number of aromatic nitrogens is 3. The van der Waals surface area contributed by atoms with Crippen LogP contribution in [0.1, 0.15) is 24.9 Å². The molecule has 29 heavy (non-hydrogen) atoms. The number of nitrogens with one attached hydrogen (secondary N) is 1.